The van der Waals surface area contributed by atoms with Gasteiger partial charge in [0, 0.05) is 57.3 Å². The number of pyridine rings is 2. The van der Waals surface area contributed by atoms with Crippen LogP contribution in [0, 0.1) is 13.8 Å². The maximum Gasteiger partial charge on any atom is 0.262 e. The fraction of sp³-hybridized carbons (Fsp3) is 0.0370. The molecule has 420 valence electrons. The standard InChI is InChI=1S/C41H30N2O.C40H30N2OSi/c1-29-28-42(32-19-9-4-10-20-32)40(44)34-26-25-33(27-35(29)34)43-38-23-13-11-21-36(38)41(30-15-5-2-6-16-30,31-17-7-3-8-18-31)37-22-12-14-24-39(37)43;1-29-28-41(30-15-5-2-6-16-30)40(43)34-26-25-31(27-35(29)34)42-36-21-11-13-23-38(36)44(32-17-7-3-8-18-32,33-19-9-4-10-20-33)39-24-14-12-22-37(39)42/h2*2-28H,1H3. The van der Waals surface area contributed by atoms with Crippen LogP contribution in [-0.4, -0.2) is 17.2 Å². The van der Waals surface area contributed by atoms with Gasteiger partial charge >= 0.3 is 0 Å². The SMILES string of the molecule is Cc1cn(-c2ccccc2)c(=O)c2ccc(N3c4ccccc4C(c4ccccc4)(c4ccccc4)c4ccccc43)cc12.Cc1cn(-c2ccccc2)c(=O)c2ccc(N3c4ccccc4[Si](c4ccccc4)(c4ccccc4)c4ccccc43)cc12. The fourth-order valence-electron chi connectivity index (χ4n) is 14.2. The molecule has 0 unspecified atom stereocenters. The molecule has 12 aromatic carbocycles. The fourth-order valence-corrected chi connectivity index (χ4v) is 19.3. The van der Waals surface area contributed by atoms with Crippen molar-refractivity contribution in [2.24, 2.45) is 0 Å². The summed E-state index contributed by atoms with van der Waals surface area (Å²) in [6.07, 6.45) is 3.92. The van der Waals surface area contributed by atoms with E-state index in [1.165, 1.54) is 54.4 Å². The Kier molecular flexibility index (Phi) is 13.4. The Balaban J connectivity index is 0.000000148. The molecule has 0 fully saturated rings. The van der Waals surface area contributed by atoms with E-state index in [4.69, 9.17) is 0 Å². The van der Waals surface area contributed by atoms with Gasteiger partial charge in [-0.05, 0) is 164 Å². The van der Waals surface area contributed by atoms with Crippen LogP contribution in [-0.2, 0) is 5.41 Å². The molecule has 14 aromatic rings. The van der Waals surface area contributed by atoms with Gasteiger partial charge in [0.2, 0.25) is 0 Å². The van der Waals surface area contributed by atoms with Crippen molar-refractivity contribution in [3.8, 4) is 11.4 Å². The molecular formula is C81H60N4O2Si. The summed E-state index contributed by atoms with van der Waals surface area (Å²) in [7, 11) is -2.66. The molecule has 0 saturated carbocycles. The van der Waals surface area contributed by atoms with Crippen molar-refractivity contribution >= 4 is 84.5 Å². The van der Waals surface area contributed by atoms with E-state index in [9.17, 15) is 9.59 Å². The summed E-state index contributed by atoms with van der Waals surface area (Å²) in [6.45, 7) is 4.17. The van der Waals surface area contributed by atoms with Gasteiger partial charge in [0.25, 0.3) is 11.1 Å². The molecule has 0 amide bonds. The highest BCUT2D eigenvalue weighted by Gasteiger charge is 2.49. The highest BCUT2D eigenvalue weighted by Crippen LogP contribution is 2.57. The van der Waals surface area contributed by atoms with Gasteiger partial charge in [-0.3, -0.25) is 18.7 Å². The molecule has 0 aliphatic carbocycles. The Morgan fingerprint density at radius 1 is 0.295 bits per heavy atom. The predicted octanol–water partition coefficient (Wildman–Crippen LogP) is 15.9. The molecule has 2 aliphatic heterocycles. The summed E-state index contributed by atoms with van der Waals surface area (Å²) in [5, 5.41) is 8.78. The van der Waals surface area contributed by atoms with Crippen molar-refractivity contribution in [3.63, 3.8) is 0 Å². The summed E-state index contributed by atoms with van der Waals surface area (Å²) in [5.41, 5.74) is 14.8. The van der Waals surface area contributed by atoms with Crippen LogP contribution in [0.2, 0.25) is 0 Å². The van der Waals surface area contributed by atoms with Crippen LogP contribution in [0.1, 0.15) is 33.4 Å². The van der Waals surface area contributed by atoms with Crippen molar-refractivity contribution in [1.82, 2.24) is 9.13 Å². The van der Waals surface area contributed by atoms with Crippen molar-refractivity contribution in [1.29, 1.82) is 0 Å². The molecule has 7 heteroatoms. The normalized spacial score (nSPS) is 13.3. The maximum atomic E-state index is 13.7. The lowest BCUT2D eigenvalue weighted by Gasteiger charge is -2.46. The molecule has 0 spiro atoms. The van der Waals surface area contributed by atoms with Gasteiger partial charge in [-0.1, -0.05) is 231 Å². The first-order valence-corrected chi connectivity index (χ1v) is 32.0. The van der Waals surface area contributed by atoms with Crippen molar-refractivity contribution < 1.29 is 0 Å². The molecule has 6 nitrogen and oxygen atoms in total. The summed E-state index contributed by atoms with van der Waals surface area (Å²) < 4.78 is 3.50. The lowest BCUT2D eigenvalue weighted by molar-refractivity contribution is 0.731. The number of hydrogen-bond donors (Lipinski definition) is 0. The Bertz CT molecular complexity index is 4560. The highest BCUT2D eigenvalue weighted by atomic mass is 28.3. The Morgan fingerprint density at radius 2 is 0.614 bits per heavy atom. The predicted molar refractivity (Wildman–Crippen MR) is 367 cm³/mol. The molecule has 0 N–H and O–H groups in total. The smallest absolute Gasteiger partial charge is 0.262 e. The third-order valence-electron chi connectivity index (χ3n) is 18.0. The zero-order chi connectivity index (χ0) is 59.3. The van der Waals surface area contributed by atoms with Crippen LogP contribution in [0.25, 0.3) is 32.9 Å². The largest absolute Gasteiger partial charge is 0.311 e. The lowest BCUT2D eigenvalue weighted by atomic mass is 9.62. The molecule has 4 heterocycles. The minimum absolute atomic E-state index is 0.0117. The highest BCUT2D eigenvalue weighted by molar-refractivity contribution is 7.21. The average molecular weight is 1150 g/mol. The minimum Gasteiger partial charge on any atom is -0.311 e. The Hall–Kier alpha value is -11.1. The number of benzene rings is 12. The number of aromatic nitrogens is 2. The van der Waals surface area contributed by atoms with Gasteiger partial charge in [0.05, 0.1) is 16.8 Å². The number of anilines is 6. The van der Waals surface area contributed by atoms with Crippen LogP contribution in [0.5, 0.6) is 0 Å². The van der Waals surface area contributed by atoms with E-state index >= 15 is 0 Å². The van der Waals surface area contributed by atoms with Crippen LogP contribution in [0.15, 0.2) is 337 Å². The van der Waals surface area contributed by atoms with E-state index in [2.05, 4.69) is 266 Å². The van der Waals surface area contributed by atoms with Crippen molar-refractivity contribution in [2.45, 2.75) is 19.3 Å². The molecular weight excluding hydrogens is 1090 g/mol. The zero-order valence-corrected chi connectivity index (χ0v) is 49.8. The quantitative estimate of drug-likeness (QED) is 0.142. The topological polar surface area (TPSA) is 50.5 Å². The van der Waals surface area contributed by atoms with Gasteiger partial charge in [-0.2, -0.15) is 0 Å². The van der Waals surface area contributed by atoms with E-state index in [0.717, 1.165) is 56.0 Å². The second-order valence-electron chi connectivity index (χ2n) is 22.8. The number of fused-ring (bicyclic) bond motifs is 6. The van der Waals surface area contributed by atoms with Gasteiger partial charge in [-0.15, -0.1) is 0 Å². The first-order chi connectivity index (χ1) is 43.3. The number of para-hydroxylation sites is 6. The van der Waals surface area contributed by atoms with Gasteiger partial charge < -0.3 is 9.80 Å². The molecule has 0 atom stereocenters. The van der Waals surface area contributed by atoms with E-state index in [1.807, 2.05) is 85.2 Å². The van der Waals surface area contributed by atoms with Crippen molar-refractivity contribution in [3.05, 3.63) is 382 Å². The average Bonchev–Trinajstić information content (AvgIpc) is 0.722. The van der Waals surface area contributed by atoms with Gasteiger partial charge in [-0.25, -0.2) is 0 Å². The summed E-state index contributed by atoms with van der Waals surface area (Å²) in [4.78, 5) is 32.2. The third-order valence-corrected chi connectivity index (χ3v) is 22.9. The monoisotopic (exact) mass is 1150 g/mol. The number of aryl methyl sites for hydroxylation is 2. The van der Waals surface area contributed by atoms with Crippen LogP contribution >= 0.6 is 0 Å². The maximum absolute atomic E-state index is 13.7. The molecule has 0 saturated heterocycles. The van der Waals surface area contributed by atoms with E-state index in [-0.39, 0.29) is 11.1 Å². The van der Waals surface area contributed by atoms with E-state index in [0.29, 0.717) is 10.8 Å². The minimum atomic E-state index is -2.66. The van der Waals surface area contributed by atoms with E-state index in [1.54, 1.807) is 9.13 Å². The first kappa shape index (κ1) is 53.6. The molecule has 0 bridgehead atoms. The number of nitrogens with zero attached hydrogens (tertiary/aromatic N) is 4. The number of rotatable bonds is 8. The van der Waals surface area contributed by atoms with Gasteiger partial charge in [0.15, 0.2) is 8.07 Å². The molecule has 16 rings (SSSR count). The number of hydrogen-bond acceptors (Lipinski definition) is 4. The van der Waals surface area contributed by atoms with Gasteiger partial charge in [0.1, 0.15) is 0 Å². The first-order valence-electron chi connectivity index (χ1n) is 30.0. The molecule has 88 heavy (non-hydrogen) atoms. The second-order valence-corrected chi connectivity index (χ2v) is 26.5. The molecule has 0 radical (unpaired) electrons. The lowest BCUT2D eigenvalue weighted by Crippen LogP contribution is -2.77. The second kappa shape index (κ2) is 22.1. The van der Waals surface area contributed by atoms with Crippen LogP contribution < -0.4 is 41.7 Å². The van der Waals surface area contributed by atoms with E-state index < -0.39 is 13.5 Å². The van der Waals surface area contributed by atoms with Crippen LogP contribution in [0.3, 0.4) is 0 Å². The third kappa shape index (κ3) is 8.53. The molecule has 2 aromatic heterocycles. The van der Waals surface area contributed by atoms with Crippen LogP contribution in [0.4, 0.5) is 34.1 Å². The Morgan fingerprint density at radius 3 is 1.01 bits per heavy atom. The molecule has 2 aliphatic rings. The zero-order valence-electron chi connectivity index (χ0n) is 48.8. The Labute approximate surface area is 513 Å². The van der Waals surface area contributed by atoms with Crippen molar-refractivity contribution in [2.75, 3.05) is 9.80 Å². The summed E-state index contributed by atoms with van der Waals surface area (Å²) >= 11 is 0. The summed E-state index contributed by atoms with van der Waals surface area (Å²) in [6, 6.07) is 111. The summed E-state index contributed by atoms with van der Waals surface area (Å²) in [5.74, 6) is 0.